The fourth-order valence-corrected chi connectivity index (χ4v) is 3.25. The molecule has 0 aliphatic carbocycles. The predicted molar refractivity (Wildman–Crippen MR) is 102 cm³/mol. The molecular formula is C19H18ClN3O4. The van der Waals surface area contributed by atoms with Crippen molar-refractivity contribution in [2.75, 3.05) is 32.8 Å². The quantitative estimate of drug-likeness (QED) is 0.842. The minimum atomic E-state index is -1.03. The van der Waals surface area contributed by atoms with Crippen molar-refractivity contribution in [3.05, 3.63) is 47.0 Å². The van der Waals surface area contributed by atoms with Crippen LogP contribution in [0.15, 0.2) is 41.4 Å². The van der Waals surface area contributed by atoms with Crippen LogP contribution >= 0.6 is 11.6 Å². The van der Waals surface area contributed by atoms with E-state index in [1.165, 1.54) is 0 Å². The Morgan fingerprint density at radius 2 is 2.00 bits per heavy atom. The number of aliphatic carboxylic acids is 1. The third-order valence-corrected chi connectivity index (χ3v) is 4.57. The topological polar surface area (TPSA) is 83.4 Å². The highest BCUT2D eigenvalue weighted by Crippen LogP contribution is 2.40. The Balaban J connectivity index is 1.78. The molecule has 2 aliphatic heterocycles. The maximum atomic E-state index is 10.8. The number of carboxylic acid groups (broad SMARTS) is 1. The molecule has 140 valence electrons. The van der Waals surface area contributed by atoms with Crippen molar-refractivity contribution in [3.8, 4) is 17.2 Å². The zero-order valence-corrected chi connectivity index (χ0v) is 15.2. The van der Waals surface area contributed by atoms with Crippen LogP contribution in [0.1, 0.15) is 5.56 Å². The number of ether oxygens (including phenoxy) is 2. The number of benzene rings is 2. The molecule has 1 saturated heterocycles. The van der Waals surface area contributed by atoms with Gasteiger partial charge in [-0.15, -0.1) is 0 Å². The lowest BCUT2D eigenvalue weighted by atomic mass is 10.1. The summed E-state index contributed by atoms with van der Waals surface area (Å²) in [6.45, 7) is 2.95. The fraction of sp³-hybridized carbons (Fsp3) is 0.263. The van der Waals surface area contributed by atoms with E-state index in [2.05, 4.69) is 10.2 Å². The number of aliphatic imine (C=N–C) groups is 1. The first-order valence-electron chi connectivity index (χ1n) is 8.61. The number of nitrogens with one attached hydrogen (secondary N) is 1. The zero-order valence-electron chi connectivity index (χ0n) is 14.4. The van der Waals surface area contributed by atoms with E-state index in [0.29, 0.717) is 28.0 Å². The smallest absolute Gasteiger partial charge is 0.341 e. The van der Waals surface area contributed by atoms with Crippen molar-refractivity contribution < 1.29 is 19.4 Å². The van der Waals surface area contributed by atoms with Crippen molar-refractivity contribution >= 4 is 29.1 Å². The summed E-state index contributed by atoms with van der Waals surface area (Å²) in [4.78, 5) is 17.8. The first-order valence-corrected chi connectivity index (χ1v) is 8.99. The zero-order chi connectivity index (χ0) is 18.8. The third-order valence-electron chi connectivity index (χ3n) is 4.34. The molecule has 2 aliphatic rings. The summed E-state index contributed by atoms with van der Waals surface area (Å²) in [7, 11) is 0. The molecule has 2 aromatic carbocycles. The molecule has 7 nitrogen and oxygen atoms in total. The largest absolute Gasteiger partial charge is 0.482 e. The standard InChI is InChI=1S/C19H18ClN3O4/c20-12-1-3-16-14(9-12)19(23-7-5-21-6-8-23)22-15-10-13(26-11-18(24)25)2-4-17(15)27-16/h1-4,9-10,21H,5-8,11H2,(H,24,25). The molecular weight excluding hydrogens is 370 g/mol. The van der Waals surface area contributed by atoms with Gasteiger partial charge in [0.15, 0.2) is 12.4 Å². The van der Waals surface area contributed by atoms with E-state index >= 15 is 0 Å². The van der Waals surface area contributed by atoms with Crippen molar-refractivity contribution in [2.45, 2.75) is 0 Å². The lowest BCUT2D eigenvalue weighted by molar-refractivity contribution is -0.139. The predicted octanol–water partition coefficient (Wildman–Crippen LogP) is 2.89. The van der Waals surface area contributed by atoms with Gasteiger partial charge in [-0.1, -0.05) is 11.6 Å². The molecule has 8 heteroatoms. The van der Waals surface area contributed by atoms with Crippen LogP contribution in [-0.2, 0) is 4.79 Å². The van der Waals surface area contributed by atoms with Crippen molar-refractivity contribution in [3.63, 3.8) is 0 Å². The van der Waals surface area contributed by atoms with Gasteiger partial charge in [-0.2, -0.15) is 0 Å². The van der Waals surface area contributed by atoms with Gasteiger partial charge in [0.2, 0.25) is 0 Å². The number of nitrogens with zero attached hydrogens (tertiary/aromatic N) is 2. The molecule has 0 saturated carbocycles. The molecule has 27 heavy (non-hydrogen) atoms. The Bertz CT molecular complexity index is 910. The number of amidine groups is 1. The number of halogens is 1. The molecule has 0 bridgehead atoms. The van der Waals surface area contributed by atoms with Gasteiger partial charge in [-0.05, 0) is 30.3 Å². The second-order valence-electron chi connectivity index (χ2n) is 6.23. The molecule has 0 aromatic heterocycles. The summed E-state index contributed by atoms with van der Waals surface area (Å²) in [5.74, 6) is 1.42. The number of carbonyl (C=O) groups is 1. The Hall–Kier alpha value is -2.77. The van der Waals surface area contributed by atoms with Crippen LogP contribution in [0.2, 0.25) is 5.02 Å². The summed E-state index contributed by atoms with van der Waals surface area (Å²) < 4.78 is 11.4. The van der Waals surface area contributed by atoms with Crippen LogP contribution in [0.4, 0.5) is 5.69 Å². The van der Waals surface area contributed by atoms with Crippen LogP contribution in [0, 0.1) is 0 Å². The van der Waals surface area contributed by atoms with E-state index in [4.69, 9.17) is 31.2 Å². The molecule has 0 unspecified atom stereocenters. The van der Waals surface area contributed by atoms with E-state index < -0.39 is 12.6 Å². The van der Waals surface area contributed by atoms with Crippen LogP contribution in [0.25, 0.3) is 0 Å². The number of hydrogen-bond acceptors (Lipinski definition) is 6. The highest BCUT2D eigenvalue weighted by molar-refractivity contribution is 6.31. The first-order chi connectivity index (χ1) is 13.1. The van der Waals surface area contributed by atoms with Crippen LogP contribution in [0.5, 0.6) is 17.2 Å². The lowest BCUT2D eigenvalue weighted by Crippen LogP contribution is -2.46. The highest BCUT2D eigenvalue weighted by atomic mass is 35.5. The molecule has 0 radical (unpaired) electrons. The molecule has 4 rings (SSSR count). The monoisotopic (exact) mass is 387 g/mol. The number of rotatable bonds is 3. The van der Waals surface area contributed by atoms with Crippen LogP contribution < -0.4 is 14.8 Å². The minimum absolute atomic E-state index is 0.413. The Morgan fingerprint density at radius 1 is 1.22 bits per heavy atom. The molecule has 0 amide bonds. The van der Waals surface area contributed by atoms with Crippen LogP contribution in [-0.4, -0.2) is 54.6 Å². The van der Waals surface area contributed by atoms with E-state index in [9.17, 15) is 4.79 Å². The Kier molecular flexibility index (Phi) is 4.87. The van der Waals surface area contributed by atoms with E-state index in [1.807, 2.05) is 12.1 Å². The molecule has 2 N–H and O–H groups in total. The maximum absolute atomic E-state index is 10.8. The lowest BCUT2D eigenvalue weighted by Gasteiger charge is -2.30. The van der Waals surface area contributed by atoms with Gasteiger partial charge >= 0.3 is 5.97 Å². The second kappa shape index (κ2) is 7.46. The van der Waals surface area contributed by atoms with Gasteiger partial charge < -0.3 is 24.8 Å². The van der Waals surface area contributed by atoms with E-state index in [1.54, 1.807) is 24.3 Å². The van der Waals surface area contributed by atoms with Gasteiger partial charge in [-0.3, -0.25) is 0 Å². The summed E-state index contributed by atoms with van der Waals surface area (Å²) in [6.07, 6.45) is 0. The summed E-state index contributed by atoms with van der Waals surface area (Å²) in [6, 6.07) is 10.6. The normalized spacial score (nSPS) is 15.7. The molecule has 0 atom stereocenters. The molecule has 1 fully saturated rings. The number of carboxylic acids is 1. The number of fused-ring (bicyclic) bond motifs is 2. The Labute approximate surface area is 161 Å². The SMILES string of the molecule is O=C(O)COc1ccc2c(c1)N=C(N1CCNCC1)c1cc(Cl)ccc1O2. The number of piperazine rings is 1. The second-order valence-corrected chi connectivity index (χ2v) is 6.66. The van der Waals surface area contributed by atoms with Gasteiger partial charge in [-0.25, -0.2) is 9.79 Å². The minimum Gasteiger partial charge on any atom is -0.482 e. The van der Waals surface area contributed by atoms with E-state index in [-0.39, 0.29) is 0 Å². The average Bonchev–Trinajstić information content (AvgIpc) is 2.83. The van der Waals surface area contributed by atoms with Gasteiger partial charge in [0.25, 0.3) is 0 Å². The molecule has 2 heterocycles. The van der Waals surface area contributed by atoms with Crippen LogP contribution in [0.3, 0.4) is 0 Å². The summed E-state index contributed by atoms with van der Waals surface area (Å²) in [5.41, 5.74) is 1.41. The first kappa shape index (κ1) is 17.6. The van der Waals surface area contributed by atoms with E-state index in [0.717, 1.165) is 37.6 Å². The fourth-order valence-electron chi connectivity index (χ4n) is 3.08. The third kappa shape index (κ3) is 3.84. The van der Waals surface area contributed by atoms with Gasteiger partial charge in [0.1, 0.15) is 23.0 Å². The summed E-state index contributed by atoms with van der Waals surface area (Å²) >= 11 is 6.22. The van der Waals surface area contributed by atoms with Crippen molar-refractivity contribution in [2.24, 2.45) is 4.99 Å². The molecule has 0 spiro atoms. The van der Waals surface area contributed by atoms with Crippen molar-refractivity contribution in [1.29, 1.82) is 0 Å². The van der Waals surface area contributed by atoms with Crippen molar-refractivity contribution in [1.82, 2.24) is 10.2 Å². The Morgan fingerprint density at radius 3 is 2.78 bits per heavy atom. The number of hydrogen-bond donors (Lipinski definition) is 2. The maximum Gasteiger partial charge on any atom is 0.341 e. The summed E-state index contributed by atoms with van der Waals surface area (Å²) in [5, 5.41) is 12.8. The highest BCUT2D eigenvalue weighted by Gasteiger charge is 2.24. The average molecular weight is 388 g/mol. The van der Waals surface area contributed by atoms with Gasteiger partial charge in [0, 0.05) is 37.3 Å². The van der Waals surface area contributed by atoms with Gasteiger partial charge in [0.05, 0.1) is 5.56 Å². The molecule has 2 aromatic rings.